The number of hydrogen-bond acceptors (Lipinski definition) is 2. The van der Waals surface area contributed by atoms with Crippen molar-refractivity contribution in [2.24, 2.45) is 0 Å². The molecule has 16 heavy (non-hydrogen) atoms. The van der Waals surface area contributed by atoms with Crippen LogP contribution < -0.4 is 5.32 Å². The van der Waals surface area contributed by atoms with Crippen LogP contribution in [-0.4, -0.2) is 5.11 Å². The minimum Gasteiger partial charge on any atom is -0.508 e. The van der Waals surface area contributed by atoms with Crippen molar-refractivity contribution in [3.05, 3.63) is 59.7 Å². The van der Waals surface area contributed by atoms with Crippen LogP contribution in [0.25, 0.3) is 0 Å². The van der Waals surface area contributed by atoms with Gasteiger partial charge >= 0.3 is 0 Å². The molecule has 0 fully saturated rings. The quantitative estimate of drug-likeness (QED) is 0.767. The van der Waals surface area contributed by atoms with Crippen molar-refractivity contribution in [2.75, 3.05) is 5.32 Å². The lowest BCUT2D eigenvalue weighted by Crippen LogP contribution is -2.00. The summed E-state index contributed by atoms with van der Waals surface area (Å²) in [6.07, 6.45) is 0. The lowest BCUT2D eigenvalue weighted by atomic mass is 10.1. The van der Waals surface area contributed by atoms with Crippen LogP contribution in [0.5, 0.6) is 5.75 Å². The van der Waals surface area contributed by atoms with Crippen molar-refractivity contribution in [1.29, 1.82) is 0 Å². The minimum atomic E-state index is 0.293. The van der Waals surface area contributed by atoms with Crippen molar-refractivity contribution in [3.63, 3.8) is 0 Å². The Balaban J connectivity index is 2.02. The van der Waals surface area contributed by atoms with Crippen molar-refractivity contribution in [2.45, 2.75) is 13.5 Å². The fraction of sp³-hybridized carbons (Fsp3) is 0.143. The van der Waals surface area contributed by atoms with Gasteiger partial charge in [-0.1, -0.05) is 24.3 Å². The van der Waals surface area contributed by atoms with Gasteiger partial charge in [0.2, 0.25) is 0 Å². The zero-order valence-electron chi connectivity index (χ0n) is 9.27. The van der Waals surface area contributed by atoms with Gasteiger partial charge in [0.05, 0.1) is 0 Å². The molecule has 0 radical (unpaired) electrons. The maximum atomic E-state index is 9.16. The van der Waals surface area contributed by atoms with Gasteiger partial charge < -0.3 is 10.4 Å². The highest BCUT2D eigenvalue weighted by Gasteiger charge is 1.97. The van der Waals surface area contributed by atoms with Crippen molar-refractivity contribution >= 4 is 5.69 Å². The second kappa shape index (κ2) is 4.71. The maximum Gasteiger partial charge on any atom is 0.115 e. The SMILES string of the molecule is Cc1ccccc1CNc1ccc(O)cc1. The third kappa shape index (κ3) is 2.54. The molecule has 0 atom stereocenters. The van der Waals surface area contributed by atoms with Crippen LogP contribution in [0.2, 0.25) is 0 Å². The molecular formula is C14H15NO. The van der Waals surface area contributed by atoms with E-state index in [0.717, 1.165) is 12.2 Å². The van der Waals surface area contributed by atoms with Gasteiger partial charge in [-0.3, -0.25) is 0 Å². The van der Waals surface area contributed by atoms with Crippen LogP contribution in [-0.2, 0) is 6.54 Å². The Kier molecular flexibility index (Phi) is 3.10. The summed E-state index contributed by atoms with van der Waals surface area (Å²) in [4.78, 5) is 0. The molecule has 2 rings (SSSR count). The molecule has 82 valence electrons. The van der Waals surface area contributed by atoms with Gasteiger partial charge in [0, 0.05) is 12.2 Å². The molecule has 0 aromatic heterocycles. The van der Waals surface area contributed by atoms with Crippen LogP contribution in [0.15, 0.2) is 48.5 Å². The third-order valence-corrected chi connectivity index (χ3v) is 2.61. The maximum absolute atomic E-state index is 9.16. The molecular weight excluding hydrogens is 198 g/mol. The molecule has 0 saturated carbocycles. The molecule has 2 aromatic rings. The highest BCUT2D eigenvalue weighted by atomic mass is 16.3. The van der Waals surface area contributed by atoms with E-state index in [0.29, 0.717) is 5.75 Å². The Bertz CT molecular complexity index is 462. The predicted molar refractivity (Wildman–Crippen MR) is 66.6 cm³/mol. The van der Waals surface area contributed by atoms with Gasteiger partial charge in [0.1, 0.15) is 5.75 Å². The molecule has 0 aliphatic rings. The van der Waals surface area contributed by atoms with Gasteiger partial charge in [-0.15, -0.1) is 0 Å². The average Bonchev–Trinajstić information content (AvgIpc) is 2.30. The van der Waals surface area contributed by atoms with Crippen LogP contribution in [0, 0.1) is 6.92 Å². The summed E-state index contributed by atoms with van der Waals surface area (Å²) in [5.41, 5.74) is 3.59. The molecule has 0 bridgehead atoms. The fourth-order valence-electron chi connectivity index (χ4n) is 1.59. The van der Waals surface area contributed by atoms with E-state index in [1.54, 1.807) is 12.1 Å². The summed E-state index contributed by atoms with van der Waals surface area (Å²) in [5, 5.41) is 12.5. The molecule has 2 N–H and O–H groups in total. The lowest BCUT2D eigenvalue weighted by molar-refractivity contribution is 0.475. The monoisotopic (exact) mass is 213 g/mol. The smallest absolute Gasteiger partial charge is 0.115 e. The van der Waals surface area contributed by atoms with Gasteiger partial charge in [-0.05, 0) is 42.3 Å². The van der Waals surface area contributed by atoms with E-state index in [9.17, 15) is 0 Å². The van der Waals surface area contributed by atoms with Crippen LogP contribution in [0.1, 0.15) is 11.1 Å². The summed E-state index contributed by atoms with van der Waals surface area (Å²) in [6.45, 7) is 2.91. The summed E-state index contributed by atoms with van der Waals surface area (Å²) in [7, 11) is 0. The molecule has 0 spiro atoms. The molecule has 2 aromatic carbocycles. The normalized spacial score (nSPS) is 10.1. The van der Waals surface area contributed by atoms with E-state index in [1.165, 1.54) is 11.1 Å². The standard InChI is InChI=1S/C14H15NO/c1-11-4-2-3-5-12(11)10-15-13-6-8-14(16)9-7-13/h2-9,15-16H,10H2,1H3. The van der Waals surface area contributed by atoms with E-state index in [4.69, 9.17) is 5.11 Å². The molecule has 0 unspecified atom stereocenters. The fourth-order valence-corrected chi connectivity index (χ4v) is 1.59. The number of phenolic OH excluding ortho intramolecular Hbond substituents is 1. The first-order valence-corrected chi connectivity index (χ1v) is 5.33. The summed E-state index contributed by atoms with van der Waals surface area (Å²) < 4.78 is 0. The Hall–Kier alpha value is -1.96. The Morgan fingerprint density at radius 3 is 2.38 bits per heavy atom. The molecule has 2 heteroatoms. The summed E-state index contributed by atoms with van der Waals surface area (Å²) >= 11 is 0. The number of benzene rings is 2. The first-order valence-electron chi connectivity index (χ1n) is 5.33. The van der Waals surface area contributed by atoms with Crippen LogP contribution in [0.4, 0.5) is 5.69 Å². The number of anilines is 1. The van der Waals surface area contributed by atoms with E-state index in [2.05, 4.69) is 24.4 Å². The molecule has 0 aliphatic heterocycles. The van der Waals surface area contributed by atoms with Crippen molar-refractivity contribution < 1.29 is 5.11 Å². The zero-order chi connectivity index (χ0) is 11.4. The lowest BCUT2D eigenvalue weighted by Gasteiger charge is -2.08. The number of aryl methyl sites for hydroxylation is 1. The molecule has 2 nitrogen and oxygen atoms in total. The second-order valence-corrected chi connectivity index (χ2v) is 3.83. The van der Waals surface area contributed by atoms with E-state index in [1.807, 2.05) is 24.3 Å². The molecule has 0 aliphatic carbocycles. The molecule has 0 heterocycles. The first-order chi connectivity index (χ1) is 7.75. The van der Waals surface area contributed by atoms with Crippen LogP contribution >= 0.6 is 0 Å². The minimum absolute atomic E-state index is 0.293. The Morgan fingerprint density at radius 1 is 1.00 bits per heavy atom. The number of phenols is 1. The number of rotatable bonds is 3. The largest absolute Gasteiger partial charge is 0.508 e. The van der Waals surface area contributed by atoms with Gasteiger partial charge in [0.25, 0.3) is 0 Å². The highest BCUT2D eigenvalue weighted by Crippen LogP contribution is 2.15. The predicted octanol–water partition coefficient (Wildman–Crippen LogP) is 3.31. The third-order valence-electron chi connectivity index (χ3n) is 2.61. The summed E-state index contributed by atoms with van der Waals surface area (Å²) in [5.74, 6) is 0.293. The van der Waals surface area contributed by atoms with E-state index < -0.39 is 0 Å². The van der Waals surface area contributed by atoms with Gasteiger partial charge in [0.15, 0.2) is 0 Å². The van der Waals surface area contributed by atoms with Gasteiger partial charge in [-0.25, -0.2) is 0 Å². The number of hydrogen-bond donors (Lipinski definition) is 2. The highest BCUT2D eigenvalue weighted by molar-refractivity contribution is 5.46. The number of nitrogens with one attached hydrogen (secondary N) is 1. The molecule has 0 saturated heterocycles. The topological polar surface area (TPSA) is 32.3 Å². The molecule has 0 amide bonds. The Morgan fingerprint density at radius 2 is 1.69 bits per heavy atom. The van der Waals surface area contributed by atoms with E-state index >= 15 is 0 Å². The number of aromatic hydroxyl groups is 1. The first kappa shape index (κ1) is 10.6. The van der Waals surface area contributed by atoms with Crippen LogP contribution in [0.3, 0.4) is 0 Å². The van der Waals surface area contributed by atoms with Crippen molar-refractivity contribution in [1.82, 2.24) is 0 Å². The Labute approximate surface area is 95.6 Å². The average molecular weight is 213 g/mol. The zero-order valence-corrected chi connectivity index (χ0v) is 9.27. The van der Waals surface area contributed by atoms with Gasteiger partial charge in [-0.2, -0.15) is 0 Å². The van der Waals surface area contributed by atoms with Crippen molar-refractivity contribution in [3.8, 4) is 5.75 Å². The summed E-state index contributed by atoms with van der Waals surface area (Å²) in [6, 6.07) is 15.4. The van der Waals surface area contributed by atoms with E-state index in [-0.39, 0.29) is 0 Å². The second-order valence-electron chi connectivity index (χ2n) is 3.83.